The van der Waals surface area contributed by atoms with Crippen LogP contribution in [-0.2, 0) is 22.6 Å². The van der Waals surface area contributed by atoms with E-state index >= 15 is 0 Å². The van der Waals surface area contributed by atoms with Crippen molar-refractivity contribution in [2.75, 3.05) is 26.3 Å². The van der Waals surface area contributed by atoms with Crippen LogP contribution >= 0.6 is 0 Å². The first kappa shape index (κ1) is 17.2. The molecule has 3 heterocycles. The Labute approximate surface area is 153 Å². The van der Waals surface area contributed by atoms with Gasteiger partial charge in [0.1, 0.15) is 5.60 Å². The van der Waals surface area contributed by atoms with Gasteiger partial charge in [-0.05, 0) is 36.6 Å². The lowest BCUT2D eigenvalue weighted by atomic mass is 9.99. The van der Waals surface area contributed by atoms with Gasteiger partial charge in [0.25, 0.3) is 0 Å². The third kappa shape index (κ3) is 3.96. The van der Waals surface area contributed by atoms with Gasteiger partial charge in [-0.25, -0.2) is 0 Å². The van der Waals surface area contributed by atoms with Crippen molar-refractivity contribution in [3.05, 3.63) is 53.9 Å². The predicted octanol–water partition coefficient (Wildman–Crippen LogP) is 2.20. The minimum absolute atomic E-state index is 0.181. The molecule has 1 spiro atoms. The Hall–Kier alpha value is -2.20. The second-order valence-corrected chi connectivity index (χ2v) is 7.27. The molecule has 6 heteroatoms. The average Bonchev–Trinajstić information content (AvgIpc) is 3.25. The molecule has 26 heavy (non-hydrogen) atoms. The summed E-state index contributed by atoms with van der Waals surface area (Å²) >= 11 is 0. The van der Waals surface area contributed by atoms with Crippen LogP contribution in [0.5, 0.6) is 0 Å². The molecule has 2 saturated heterocycles. The largest absolute Gasteiger partial charge is 0.377 e. The number of aromatic nitrogens is 2. The Morgan fingerprint density at radius 1 is 1.35 bits per heavy atom. The van der Waals surface area contributed by atoms with Crippen molar-refractivity contribution in [2.45, 2.75) is 37.6 Å². The number of nitriles is 1. The highest BCUT2D eigenvalue weighted by molar-refractivity contribution is 5.32. The quantitative estimate of drug-likeness (QED) is 0.844. The van der Waals surface area contributed by atoms with Crippen LogP contribution in [0.3, 0.4) is 0 Å². The Morgan fingerprint density at radius 3 is 3.15 bits per heavy atom. The summed E-state index contributed by atoms with van der Waals surface area (Å²) in [7, 11) is 0. The summed E-state index contributed by atoms with van der Waals surface area (Å²) in [5.74, 6) is 0. The van der Waals surface area contributed by atoms with Crippen molar-refractivity contribution < 1.29 is 9.47 Å². The molecule has 2 fully saturated rings. The fourth-order valence-electron chi connectivity index (χ4n) is 3.98. The Kier molecular flexibility index (Phi) is 5.02. The molecule has 136 valence electrons. The molecule has 2 unspecified atom stereocenters. The van der Waals surface area contributed by atoms with Gasteiger partial charge in [0, 0.05) is 32.0 Å². The van der Waals surface area contributed by atoms with Gasteiger partial charge in [-0.3, -0.25) is 9.58 Å². The summed E-state index contributed by atoms with van der Waals surface area (Å²) in [6.45, 7) is 4.71. The van der Waals surface area contributed by atoms with Crippen molar-refractivity contribution in [1.82, 2.24) is 14.7 Å². The topological polar surface area (TPSA) is 63.3 Å². The molecular weight excluding hydrogens is 328 g/mol. The molecule has 0 N–H and O–H groups in total. The monoisotopic (exact) mass is 352 g/mol. The molecule has 2 aliphatic rings. The summed E-state index contributed by atoms with van der Waals surface area (Å²) in [6.07, 6.45) is 6.00. The van der Waals surface area contributed by atoms with E-state index in [0.29, 0.717) is 18.8 Å². The molecule has 0 radical (unpaired) electrons. The number of rotatable bonds is 4. The first-order valence-corrected chi connectivity index (χ1v) is 9.19. The average molecular weight is 352 g/mol. The first-order chi connectivity index (χ1) is 12.7. The van der Waals surface area contributed by atoms with Crippen molar-refractivity contribution in [3.63, 3.8) is 0 Å². The SMILES string of the molecule is N#Cc1cccc(CN2CCOCC3(CCC(Cn4cccn4)O3)C2)c1. The van der Waals surface area contributed by atoms with E-state index in [9.17, 15) is 0 Å². The summed E-state index contributed by atoms with van der Waals surface area (Å²) in [4.78, 5) is 2.39. The van der Waals surface area contributed by atoms with E-state index in [1.54, 1.807) is 6.20 Å². The minimum atomic E-state index is -0.235. The van der Waals surface area contributed by atoms with Gasteiger partial charge < -0.3 is 9.47 Å². The van der Waals surface area contributed by atoms with Crippen LogP contribution in [0.15, 0.2) is 42.7 Å². The summed E-state index contributed by atoms with van der Waals surface area (Å²) < 4.78 is 14.3. The predicted molar refractivity (Wildman–Crippen MR) is 96.3 cm³/mol. The maximum absolute atomic E-state index is 9.10. The Morgan fingerprint density at radius 2 is 2.31 bits per heavy atom. The number of ether oxygens (including phenoxy) is 2. The lowest BCUT2D eigenvalue weighted by molar-refractivity contribution is -0.0904. The molecule has 1 aromatic heterocycles. The number of hydrogen-bond donors (Lipinski definition) is 0. The highest BCUT2D eigenvalue weighted by Gasteiger charge is 2.43. The van der Waals surface area contributed by atoms with Gasteiger partial charge in [0.2, 0.25) is 0 Å². The van der Waals surface area contributed by atoms with Crippen LogP contribution in [-0.4, -0.2) is 52.7 Å². The summed E-state index contributed by atoms with van der Waals surface area (Å²) in [5.41, 5.74) is 1.63. The zero-order valence-corrected chi connectivity index (χ0v) is 14.9. The fraction of sp³-hybridized carbons (Fsp3) is 0.500. The fourth-order valence-corrected chi connectivity index (χ4v) is 3.98. The van der Waals surface area contributed by atoms with E-state index in [4.69, 9.17) is 14.7 Å². The second-order valence-electron chi connectivity index (χ2n) is 7.27. The third-order valence-corrected chi connectivity index (χ3v) is 5.18. The van der Waals surface area contributed by atoms with Crippen molar-refractivity contribution in [1.29, 1.82) is 5.26 Å². The molecule has 0 aliphatic carbocycles. The zero-order valence-electron chi connectivity index (χ0n) is 14.9. The van der Waals surface area contributed by atoms with Crippen molar-refractivity contribution in [2.24, 2.45) is 0 Å². The van der Waals surface area contributed by atoms with Crippen LogP contribution in [0.4, 0.5) is 0 Å². The van der Waals surface area contributed by atoms with Crippen LogP contribution in [0.25, 0.3) is 0 Å². The van der Waals surface area contributed by atoms with Crippen LogP contribution < -0.4 is 0 Å². The summed E-state index contributed by atoms with van der Waals surface area (Å²) in [6, 6.07) is 12.0. The number of hydrogen-bond acceptors (Lipinski definition) is 5. The molecule has 6 nitrogen and oxygen atoms in total. The molecule has 0 saturated carbocycles. The van der Waals surface area contributed by atoms with Gasteiger partial charge in [-0.15, -0.1) is 0 Å². The maximum atomic E-state index is 9.10. The molecule has 2 atom stereocenters. The van der Waals surface area contributed by atoms with Gasteiger partial charge >= 0.3 is 0 Å². The zero-order chi connectivity index (χ0) is 17.8. The Balaban J connectivity index is 1.42. The van der Waals surface area contributed by atoms with Crippen molar-refractivity contribution >= 4 is 0 Å². The molecule has 2 aliphatic heterocycles. The van der Waals surface area contributed by atoms with E-state index < -0.39 is 0 Å². The third-order valence-electron chi connectivity index (χ3n) is 5.18. The van der Waals surface area contributed by atoms with Gasteiger partial charge in [-0.1, -0.05) is 12.1 Å². The normalized spacial score (nSPS) is 26.7. The standard InChI is InChI=1S/C20H24N4O2/c21-12-17-3-1-4-18(11-17)13-23-9-10-25-16-20(15-23)6-5-19(26-20)14-24-8-2-7-22-24/h1-4,7-8,11,19H,5-6,9-10,13-16H2. The van der Waals surface area contributed by atoms with E-state index in [1.165, 1.54) is 0 Å². The lowest BCUT2D eigenvalue weighted by Gasteiger charge is -2.32. The minimum Gasteiger partial charge on any atom is -0.377 e. The van der Waals surface area contributed by atoms with E-state index in [1.807, 2.05) is 35.1 Å². The van der Waals surface area contributed by atoms with Gasteiger partial charge in [-0.2, -0.15) is 10.4 Å². The first-order valence-electron chi connectivity index (χ1n) is 9.19. The number of nitrogens with zero attached hydrogens (tertiary/aromatic N) is 4. The number of benzene rings is 1. The van der Waals surface area contributed by atoms with E-state index in [-0.39, 0.29) is 11.7 Å². The highest BCUT2D eigenvalue weighted by Crippen LogP contribution is 2.34. The van der Waals surface area contributed by atoms with Crippen molar-refractivity contribution in [3.8, 4) is 6.07 Å². The second kappa shape index (κ2) is 7.58. The van der Waals surface area contributed by atoms with Crippen LogP contribution in [0, 0.1) is 11.3 Å². The molecular formula is C20H24N4O2. The van der Waals surface area contributed by atoms with Gasteiger partial charge in [0.15, 0.2) is 0 Å². The molecule has 1 aromatic carbocycles. The molecule has 4 rings (SSSR count). The highest BCUT2D eigenvalue weighted by atomic mass is 16.6. The van der Waals surface area contributed by atoms with E-state index in [0.717, 1.165) is 44.6 Å². The summed E-state index contributed by atoms with van der Waals surface area (Å²) in [5, 5.41) is 13.4. The van der Waals surface area contributed by atoms with Gasteiger partial charge in [0.05, 0.1) is 37.5 Å². The maximum Gasteiger partial charge on any atom is 0.105 e. The Bertz CT molecular complexity index is 770. The van der Waals surface area contributed by atoms with E-state index in [2.05, 4.69) is 22.1 Å². The van der Waals surface area contributed by atoms with Crippen LogP contribution in [0.2, 0.25) is 0 Å². The lowest BCUT2D eigenvalue weighted by Crippen LogP contribution is -2.44. The molecule has 0 amide bonds. The molecule has 0 bridgehead atoms. The van der Waals surface area contributed by atoms with Crippen LogP contribution in [0.1, 0.15) is 24.0 Å². The molecule has 2 aromatic rings. The smallest absolute Gasteiger partial charge is 0.105 e.